The molecule has 0 saturated carbocycles. The zero-order valence-electron chi connectivity index (χ0n) is 19.6. The van der Waals surface area contributed by atoms with Crippen LogP contribution in [0.1, 0.15) is 24.0 Å². The maximum Gasteiger partial charge on any atom is 0.181 e. The SMILES string of the molecule is COc1ccc(-c2nc(-c3cccc(CN4CCCC4)c3)nn2CCc2ccccc2)cc1.Cl. The molecular weight excluding hydrogens is 444 g/mol. The van der Waals surface area contributed by atoms with Crippen molar-refractivity contribution >= 4 is 12.4 Å². The smallest absolute Gasteiger partial charge is 0.181 e. The van der Waals surface area contributed by atoms with Crippen LogP contribution in [0.4, 0.5) is 0 Å². The molecule has 176 valence electrons. The molecule has 0 aliphatic carbocycles. The summed E-state index contributed by atoms with van der Waals surface area (Å²) in [5.74, 6) is 2.50. The number of rotatable bonds is 8. The first-order chi connectivity index (χ1) is 16.3. The number of methoxy groups -OCH3 is 1. The van der Waals surface area contributed by atoms with Gasteiger partial charge in [-0.3, -0.25) is 4.90 Å². The third-order valence-corrected chi connectivity index (χ3v) is 6.27. The first-order valence-corrected chi connectivity index (χ1v) is 11.7. The summed E-state index contributed by atoms with van der Waals surface area (Å²) in [7, 11) is 1.69. The first-order valence-electron chi connectivity index (χ1n) is 11.7. The number of aromatic nitrogens is 3. The highest BCUT2D eigenvalue weighted by Crippen LogP contribution is 2.26. The molecule has 1 fully saturated rings. The number of nitrogens with zero attached hydrogens (tertiary/aromatic N) is 4. The van der Waals surface area contributed by atoms with E-state index >= 15 is 0 Å². The molecule has 4 aromatic rings. The van der Waals surface area contributed by atoms with Crippen LogP contribution in [0, 0.1) is 0 Å². The summed E-state index contributed by atoms with van der Waals surface area (Å²) >= 11 is 0. The molecule has 0 amide bonds. The second kappa shape index (κ2) is 11.3. The Kier molecular flexibility index (Phi) is 7.99. The number of ether oxygens (including phenoxy) is 1. The fraction of sp³-hybridized carbons (Fsp3) is 0.286. The molecule has 1 aliphatic rings. The number of hydrogen-bond acceptors (Lipinski definition) is 4. The lowest BCUT2D eigenvalue weighted by molar-refractivity contribution is 0.331. The second-order valence-corrected chi connectivity index (χ2v) is 8.63. The number of hydrogen-bond donors (Lipinski definition) is 0. The predicted molar refractivity (Wildman–Crippen MR) is 139 cm³/mol. The minimum Gasteiger partial charge on any atom is -0.497 e. The molecule has 0 radical (unpaired) electrons. The van der Waals surface area contributed by atoms with Gasteiger partial charge in [0.2, 0.25) is 0 Å². The van der Waals surface area contributed by atoms with E-state index in [2.05, 4.69) is 71.6 Å². The van der Waals surface area contributed by atoms with E-state index in [1.165, 1.54) is 37.1 Å². The highest BCUT2D eigenvalue weighted by molar-refractivity contribution is 5.85. The molecule has 0 spiro atoms. The number of aryl methyl sites for hydroxylation is 2. The molecule has 5 nitrogen and oxygen atoms in total. The Morgan fingerprint density at radius 3 is 2.29 bits per heavy atom. The van der Waals surface area contributed by atoms with Gasteiger partial charge in [0, 0.05) is 24.2 Å². The molecule has 0 atom stereocenters. The van der Waals surface area contributed by atoms with E-state index in [4.69, 9.17) is 14.8 Å². The Balaban J connectivity index is 0.00000274. The zero-order chi connectivity index (χ0) is 22.5. The molecule has 0 unspecified atom stereocenters. The average Bonchev–Trinajstić information content (AvgIpc) is 3.54. The van der Waals surface area contributed by atoms with Gasteiger partial charge in [0.25, 0.3) is 0 Å². The Labute approximate surface area is 207 Å². The summed E-state index contributed by atoms with van der Waals surface area (Å²) in [6, 6.07) is 27.3. The fourth-order valence-corrected chi connectivity index (χ4v) is 4.46. The maximum atomic E-state index is 5.34. The molecule has 5 rings (SSSR count). The van der Waals surface area contributed by atoms with Crippen LogP contribution in [-0.4, -0.2) is 39.9 Å². The van der Waals surface area contributed by atoms with Crippen molar-refractivity contribution in [2.75, 3.05) is 20.2 Å². The maximum absolute atomic E-state index is 5.34. The molecule has 2 heterocycles. The van der Waals surface area contributed by atoms with E-state index in [-0.39, 0.29) is 12.4 Å². The van der Waals surface area contributed by atoms with Crippen LogP contribution in [-0.2, 0) is 19.5 Å². The Bertz CT molecular complexity index is 1180. The van der Waals surface area contributed by atoms with Gasteiger partial charge < -0.3 is 4.74 Å². The van der Waals surface area contributed by atoms with E-state index in [1.54, 1.807) is 7.11 Å². The topological polar surface area (TPSA) is 43.2 Å². The third kappa shape index (κ3) is 5.66. The summed E-state index contributed by atoms with van der Waals surface area (Å²) in [4.78, 5) is 7.51. The largest absolute Gasteiger partial charge is 0.497 e. The molecule has 1 aliphatic heterocycles. The van der Waals surface area contributed by atoms with Crippen LogP contribution in [0.15, 0.2) is 78.9 Å². The summed E-state index contributed by atoms with van der Waals surface area (Å²) in [6.07, 6.45) is 3.51. The summed E-state index contributed by atoms with van der Waals surface area (Å²) in [6.45, 7) is 4.15. The van der Waals surface area contributed by atoms with Gasteiger partial charge in [-0.25, -0.2) is 9.67 Å². The van der Waals surface area contributed by atoms with Crippen molar-refractivity contribution in [1.82, 2.24) is 19.7 Å². The Morgan fingerprint density at radius 2 is 1.56 bits per heavy atom. The van der Waals surface area contributed by atoms with Crippen molar-refractivity contribution < 1.29 is 4.74 Å². The van der Waals surface area contributed by atoms with Crippen molar-refractivity contribution in [3.63, 3.8) is 0 Å². The molecule has 34 heavy (non-hydrogen) atoms. The Morgan fingerprint density at radius 1 is 0.824 bits per heavy atom. The standard InChI is InChI=1S/C28H30N4O.ClH/c1-33-26-14-12-24(13-15-26)28-29-27(30-32(28)19-16-22-8-3-2-4-9-22)25-11-7-10-23(20-25)21-31-17-5-6-18-31;/h2-4,7-15,20H,5-6,16-19,21H2,1H3;1H. The minimum atomic E-state index is 0. The lowest BCUT2D eigenvalue weighted by Gasteiger charge is -2.14. The lowest BCUT2D eigenvalue weighted by Crippen LogP contribution is -2.18. The summed E-state index contributed by atoms with van der Waals surface area (Å²) in [5.41, 5.74) is 4.72. The molecule has 3 aromatic carbocycles. The summed E-state index contributed by atoms with van der Waals surface area (Å²) in [5, 5.41) is 4.95. The highest BCUT2D eigenvalue weighted by atomic mass is 35.5. The molecule has 0 bridgehead atoms. The minimum absolute atomic E-state index is 0. The molecule has 1 saturated heterocycles. The predicted octanol–water partition coefficient (Wildman–Crippen LogP) is 5.88. The zero-order valence-corrected chi connectivity index (χ0v) is 20.4. The van der Waals surface area contributed by atoms with Gasteiger partial charge in [0.1, 0.15) is 5.75 Å². The van der Waals surface area contributed by atoms with Crippen LogP contribution in [0.3, 0.4) is 0 Å². The van der Waals surface area contributed by atoms with Crippen LogP contribution in [0.2, 0.25) is 0 Å². The van der Waals surface area contributed by atoms with E-state index in [1.807, 2.05) is 16.8 Å². The van der Waals surface area contributed by atoms with Crippen molar-refractivity contribution in [2.24, 2.45) is 0 Å². The van der Waals surface area contributed by atoms with Gasteiger partial charge in [-0.2, -0.15) is 5.10 Å². The van der Waals surface area contributed by atoms with Gasteiger partial charge in [0.15, 0.2) is 11.6 Å². The number of halogens is 1. The molecule has 0 N–H and O–H groups in total. The number of benzene rings is 3. The van der Waals surface area contributed by atoms with Crippen LogP contribution in [0.25, 0.3) is 22.8 Å². The van der Waals surface area contributed by atoms with E-state index in [9.17, 15) is 0 Å². The normalized spacial score (nSPS) is 13.6. The van der Waals surface area contributed by atoms with Crippen molar-refractivity contribution in [2.45, 2.75) is 32.4 Å². The average molecular weight is 475 g/mol. The Hall–Kier alpha value is -3.15. The van der Waals surface area contributed by atoms with Gasteiger partial charge in [-0.05, 0) is 73.8 Å². The molecule has 6 heteroatoms. The number of likely N-dealkylation sites (tertiary alicyclic amines) is 1. The van der Waals surface area contributed by atoms with Crippen LogP contribution >= 0.6 is 12.4 Å². The molecule has 1 aromatic heterocycles. The van der Waals surface area contributed by atoms with Gasteiger partial charge >= 0.3 is 0 Å². The quantitative estimate of drug-likeness (QED) is 0.320. The molecular formula is C28H31ClN4O. The van der Waals surface area contributed by atoms with Crippen molar-refractivity contribution in [3.05, 3.63) is 90.0 Å². The van der Waals surface area contributed by atoms with Gasteiger partial charge in [0.05, 0.1) is 7.11 Å². The van der Waals surface area contributed by atoms with E-state index in [0.29, 0.717) is 0 Å². The second-order valence-electron chi connectivity index (χ2n) is 8.63. The van der Waals surface area contributed by atoms with Crippen LogP contribution < -0.4 is 4.74 Å². The lowest BCUT2D eigenvalue weighted by atomic mass is 10.1. The van der Waals surface area contributed by atoms with Gasteiger partial charge in [-0.1, -0.05) is 48.5 Å². The van der Waals surface area contributed by atoms with E-state index in [0.717, 1.165) is 48.0 Å². The van der Waals surface area contributed by atoms with E-state index < -0.39 is 0 Å². The van der Waals surface area contributed by atoms with Crippen molar-refractivity contribution in [1.29, 1.82) is 0 Å². The van der Waals surface area contributed by atoms with Crippen LogP contribution in [0.5, 0.6) is 5.75 Å². The van der Waals surface area contributed by atoms with Crippen molar-refractivity contribution in [3.8, 4) is 28.5 Å². The van der Waals surface area contributed by atoms with Gasteiger partial charge in [-0.15, -0.1) is 12.4 Å². The first kappa shape index (κ1) is 24.0. The monoisotopic (exact) mass is 474 g/mol. The third-order valence-electron chi connectivity index (χ3n) is 6.27. The highest BCUT2D eigenvalue weighted by Gasteiger charge is 2.16. The summed E-state index contributed by atoms with van der Waals surface area (Å²) < 4.78 is 7.38. The fourth-order valence-electron chi connectivity index (χ4n) is 4.46.